The molecule has 1 fully saturated rings. The zero-order chi connectivity index (χ0) is 29.5. The number of benzene rings is 3. The highest BCUT2D eigenvalue weighted by molar-refractivity contribution is 7.99. The van der Waals surface area contributed by atoms with E-state index in [0.717, 1.165) is 28.1 Å². The van der Waals surface area contributed by atoms with Crippen LogP contribution in [0.5, 0.6) is 5.75 Å². The molecule has 2 heterocycles. The van der Waals surface area contributed by atoms with Crippen LogP contribution in [0.25, 0.3) is 17.1 Å². The number of amides is 2. The molecule has 0 aliphatic carbocycles. The van der Waals surface area contributed by atoms with Crippen molar-refractivity contribution in [2.45, 2.75) is 31.7 Å². The maximum absolute atomic E-state index is 13.3. The predicted molar refractivity (Wildman–Crippen MR) is 163 cm³/mol. The Kier molecular flexibility index (Phi) is 9.55. The number of rotatable bonds is 10. The van der Waals surface area contributed by atoms with E-state index in [1.807, 2.05) is 102 Å². The number of hydrogen-bond acceptors (Lipinski definition) is 7. The van der Waals surface area contributed by atoms with E-state index in [-0.39, 0.29) is 30.2 Å². The Morgan fingerprint density at radius 1 is 0.929 bits per heavy atom. The summed E-state index contributed by atoms with van der Waals surface area (Å²) in [4.78, 5) is 29.7. The lowest BCUT2D eigenvalue weighted by atomic mass is 10.1. The number of aryl methyl sites for hydroxylation is 1. The molecule has 5 rings (SSSR count). The van der Waals surface area contributed by atoms with Crippen molar-refractivity contribution in [2.75, 3.05) is 39.1 Å². The highest BCUT2D eigenvalue weighted by Crippen LogP contribution is 2.29. The van der Waals surface area contributed by atoms with Crippen LogP contribution >= 0.6 is 11.8 Å². The van der Waals surface area contributed by atoms with Crippen LogP contribution in [-0.2, 0) is 20.9 Å². The molecular formula is C32H35N5O4S. The van der Waals surface area contributed by atoms with E-state index in [1.165, 1.54) is 11.8 Å². The topological polar surface area (TPSA) is 89.8 Å². The molecular weight excluding hydrogens is 550 g/mol. The van der Waals surface area contributed by atoms with Crippen molar-refractivity contribution in [3.8, 4) is 22.8 Å². The standard InChI is InChI=1S/C32H35N5O4S/c1-23-9-11-26(12-10-23)31-33-34-32(37(31)27-13-15-28(40-3)16-14-27)42-22-30(39)35-17-18-36(24(2)19-35)29(38)21-41-20-25-7-5-4-6-8-25/h4-16,24H,17-22H2,1-3H3. The van der Waals surface area contributed by atoms with Gasteiger partial charge in [-0.1, -0.05) is 71.9 Å². The van der Waals surface area contributed by atoms with Gasteiger partial charge in [0.05, 0.1) is 19.5 Å². The minimum absolute atomic E-state index is 0.000411. The molecule has 9 nitrogen and oxygen atoms in total. The molecule has 10 heteroatoms. The predicted octanol–water partition coefficient (Wildman–Crippen LogP) is 4.62. The van der Waals surface area contributed by atoms with Crippen LogP contribution < -0.4 is 4.74 Å². The number of methoxy groups -OCH3 is 1. The Hall–Kier alpha value is -4.15. The van der Waals surface area contributed by atoms with Gasteiger partial charge in [-0.3, -0.25) is 14.2 Å². The normalized spacial score (nSPS) is 15.1. The van der Waals surface area contributed by atoms with E-state index in [1.54, 1.807) is 12.0 Å². The zero-order valence-electron chi connectivity index (χ0n) is 24.1. The maximum atomic E-state index is 13.3. The first-order valence-electron chi connectivity index (χ1n) is 13.9. The van der Waals surface area contributed by atoms with Gasteiger partial charge in [0.25, 0.3) is 0 Å². The molecule has 0 radical (unpaired) electrons. The summed E-state index contributed by atoms with van der Waals surface area (Å²) in [6.45, 7) is 5.86. The van der Waals surface area contributed by atoms with Crippen LogP contribution in [0, 0.1) is 6.92 Å². The van der Waals surface area contributed by atoms with Crippen LogP contribution in [0.15, 0.2) is 84.0 Å². The molecule has 0 bridgehead atoms. The number of nitrogens with zero attached hydrogens (tertiary/aromatic N) is 5. The number of ether oxygens (including phenoxy) is 2. The summed E-state index contributed by atoms with van der Waals surface area (Å²) in [6.07, 6.45) is 0. The number of carbonyl (C=O) groups excluding carboxylic acids is 2. The van der Waals surface area contributed by atoms with Crippen LogP contribution in [0.2, 0.25) is 0 Å². The van der Waals surface area contributed by atoms with Gasteiger partial charge in [0.2, 0.25) is 11.8 Å². The fourth-order valence-electron chi connectivity index (χ4n) is 4.90. The van der Waals surface area contributed by atoms with Gasteiger partial charge >= 0.3 is 0 Å². The van der Waals surface area contributed by atoms with Gasteiger partial charge in [-0.2, -0.15) is 0 Å². The first kappa shape index (κ1) is 29.3. The summed E-state index contributed by atoms with van der Waals surface area (Å²) in [6, 6.07) is 25.5. The quantitative estimate of drug-likeness (QED) is 0.251. The van der Waals surface area contributed by atoms with E-state index in [0.29, 0.717) is 37.2 Å². The summed E-state index contributed by atoms with van der Waals surface area (Å²) in [5, 5.41) is 9.58. The number of piperazine rings is 1. The Morgan fingerprint density at radius 3 is 2.36 bits per heavy atom. The summed E-state index contributed by atoms with van der Waals surface area (Å²) in [7, 11) is 1.63. The van der Waals surface area contributed by atoms with E-state index < -0.39 is 0 Å². The second-order valence-corrected chi connectivity index (χ2v) is 11.2. The lowest BCUT2D eigenvalue weighted by molar-refractivity contribution is -0.145. The van der Waals surface area contributed by atoms with E-state index in [4.69, 9.17) is 9.47 Å². The first-order valence-corrected chi connectivity index (χ1v) is 14.9. The molecule has 4 aromatic rings. The fraction of sp³-hybridized carbons (Fsp3) is 0.312. The van der Waals surface area contributed by atoms with Gasteiger partial charge in [0.1, 0.15) is 12.4 Å². The molecule has 1 aliphatic rings. The van der Waals surface area contributed by atoms with E-state index >= 15 is 0 Å². The smallest absolute Gasteiger partial charge is 0.248 e. The molecule has 0 spiro atoms. The largest absolute Gasteiger partial charge is 0.497 e. The van der Waals surface area contributed by atoms with Crippen LogP contribution in [-0.4, -0.2) is 81.5 Å². The van der Waals surface area contributed by atoms with Crippen molar-refractivity contribution in [2.24, 2.45) is 0 Å². The average Bonchev–Trinajstić information content (AvgIpc) is 3.44. The van der Waals surface area contributed by atoms with Crippen molar-refractivity contribution in [3.05, 3.63) is 90.0 Å². The number of thioether (sulfide) groups is 1. The third-order valence-corrected chi connectivity index (χ3v) is 8.15. The van der Waals surface area contributed by atoms with E-state index in [9.17, 15) is 9.59 Å². The Balaban J connectivity index is 1.21. The monoisotopic (exact) mass is 585 g/mol. The fourth-order valence-corrected chi connectivity index (χ4v) is 5.76. The van der Waals surface area contributed by atoms with Crippen molar-refractivity contribution in [3.63, 3.8) is 0 Å². The lowest BCUT2D eigenvalue weighted by Crippen LogP contribution is -2.56. The van der Waals surface area contributed by atoms with Crippen molar-refractivity contribution < 1.29 is 19.1 Å². The third-order valence-electron chi connectivity index (χ3n) is 7.24. The molecule has 1 aromatic heterocycles. The average molecular weight is 586 g/mol. The number of hydrogen-bond donors (Lipinski definition) is 0. The molecule has 1 unspecified atom stereocenters. The van der Waals surface area contributed by atoms with Crippen molar-refractivity contribution in [1.82, 2.24) is 24.6 Å². The van der Waals surface area contributed by atoms with Crippen LogP contribution in [0.3, 0.4) is 0 Å². The highest BCUT2D eigenvalue weighted by Gasteiger charge is 2.30. The lowest BCUT2D eigenvalue weighted by Gasteiger charge is -2.39. The second-order valence-electron chi connectivity index (χ2n) is 10.2. The molecule has 0 saturated carbocycles. The summed E-state index contributed by atoms with van der Waals surface area (Å²) < 4.78 is 12.9. The van der Waals surface area contributed by atoms with Crippen molar-refractivity contribution in [1.29, 1.82) is 0 Å². The van der Waals surface area contributed by atoms with Gasteiger partial charge in [-0.25, -0.2) is 0 Å². The molecule has 218 valence electrons. The van der Waals surface area contributed by atoms with E-state index in [2.05, 4.69) is 10.2 Å². The summed E-state index contributed by atoms with van der Waals surface area (Å²) in [5.41, 5.74) is 4.00. The van der Waals surface area contributed by atoms with Gasteiger partial charge < -0.3 is 19.3 Å². The maximum Gasteiger partial charge on any atom is 0.248 e. The molecule has 3 aromatic carbocycles. The second kappa shape index (κ2) is 13.7. The molecule has 42 heavy (non-hydrogen) atoms. The Morgan fingerprint density at radius 2 is 1.67 bits per heavy atom. The molecule has 2 amide bonds. The van der Waals surface area contributed by atoms with Gasteiger partial charge in [0, 0.05) is 36.9 Å². The SMILES string of the molecule is COc1ccc(-n2c(SCC(=O)N3CCN(C(=O)COCc4ccccc4)C(C)C3)nnc2-c2ccc(C)cc2)cc1. The zero-order valence-corrected chi connectivity index (χ0v) is 24.9. The van der Waals surface area contributed by atoms with Crippen molar-refractivity contribution >= 4 is 23.6 Å². The Labute approximate surface area is 250 Å². The molecule has 1 saturated heterocycles. The summed E-state index contributed by atoms with van der Waals surface area (Å²) >= 11 is 1.36. The van der Waals surface area contributed by atoms with Crippen LogP contribution in [0.4, 0.5) is 0 Å². The minimum Gasteiger partial charge on any atom is -0.497 e. The van der Waals surface area contributed by atoms with Gasteiger partial charge in [-0.15, -0.1) is 10.2 Å². The van der Waals surface area contributed by atoms with Crippen LogP contribution in [0.1, 0.15) is 18.1 Å². The highest BCUT2D eigenvalue weighted by atomic mass is 32.2. The third kappa shape index (κ3) is 7.00. The first-order chi connectivity index (χ1) is 20.4. The number of aromatic nitrogens is 3. The molecule has 0 N–H and O–H groups in total. The minimum atomic E-state index is -0.100. The van der Waals surface area contributed by atoms with Gasteiger partial charge in [-0.05, 0) is 43.7 Å². The summed E-state index contributed by atoms with van der Waals surface area (Å²) in [5.74, 6) is 1.60. The Bertz CT molecular complexity index is 1490. The number of carbonyl (C=O) groups is 2. The molecule has 1 atom stereocenters. The van der Waals surface area contributed by atoms with Gasteiger partial charge in [0.15, 0.2) is 11.0 Å². The molecule has 1 aliphatic heterocycles.